The maximum absolute atomic E-state index is 14.2. The first kappa shape index (κ1) is 16.7. The van der Waals surface area contributed by atoms with E-state index in [-0.39, 0.29) is 11.3 Å². The highest BCUT2D eigenvalue weighted by atomic mass is 19.1. The van der Waals surface area contributed by atoms with Crippen molar-refractivity contribution in [1.82, 2.24) is 0 Å². The average molecular weight is 322 g/mol. The molecular weight excluding hydrogens is 311 g/mol. The molecule has 0 saturated carbocycles. The SMILES string of the molecule is COC(=O)c1ccc(-c2ccc(NN=C(C#N)C#N)cc2)c(F)c1. The fraction of sp³-hybridized carbons (Fsp3) is 0.0588. The number of benzene rings is 2. The molecule has 0 unspecified atom stereocenters. The van der Waals surface area contributed by atoms with Crippen LogP contribution < -0.4 is 5.43 Å². The molecule has 0 aliphatic carbocycles. The van der Waals surface area contributed by atoms with Crippen LogP contribution in [0.3, 0.4) is 0 Å². The number of nitrogens with one attached hydrogen (secondary N) is 1. The van der Waals surface area contributed by atoms with E-state index in [1.807, 2.05) is 0 Å². The van der Waals surface area contributed by atoms with Gasteiger partial charge < -0.3 is 4.74 Å². The van der Waals surface area contributed by atoms with Crippen LogP contribution in [0.4, 0.5) is 10.1 Å². The second-order valence-electron chi connectivity index (χ2n) is 4.56. The predicted molar refractivity (Wildman–Crippen MR) is 85.5 cm³/mol. The number of anilines is 1. The molecule has 118 valence electrons. The van der Waals surface area contributed by atoms with Crippen molar-refractivity contribution in [2.45, 2.75) is 0 Å². The van der Waals surface area contributed by atoms with Crippen LogP contribution in [0.2, 0.25) is 0 Å². The van der Waals surface area contributed by atoms with Crippen molar-refractivity contribution in [3.63, 3.8) is 0 Å². The molecule has 0 heterocycles. The molecule has 0 bridgehead atoms. The van der Waals surface area contributed by atoms with Gasteiger partial charge in [0.1, 0.15) is 18.0 Å². The zero-order valence-electron chi connectivity index (χ0n) is 12.6. The lowest BCUT2D eigenvalue weighted by Gasteiger charge is -2.07. The molecule has 0 amide bonds. The minimum atomic E-state index is -0.608. The van der Waals surface area contributed by atoms with Crippen LogP contribution in [-0.4, -0.2) is 18.8 Å². The van der Waals surface area contributed by atoms with Gasteiger partial charge in [0.25, 0.3) is 0 Å². The molecule has 24 heavy (non-hydrogen) atoms. The largest absolute Gasteiger partial charge is 0.465 e. The topological polar surface area (TPSA) is 98.3 Å². The first-order chi connectivity index (χ1) is 11.6. The van der Waals surface area contributed by atoms with Crippen LogP contribution in [0.25, 0.3) is 11.1 Å². The first-order valence-corrected chi connectivity index (χ1v) is 6.71. The number of nitrogens with zero attached hydrogens (tertiary/aromatic N) is 3. The molecule has 6 nitrogen and oxygen atoms in total. The monoisotopic (exact) mass is 322 g/mol. The molecule has 1 N–H and O–H groups in total. The molecule has 0 atom stereocenters. The van der Waals surface area contributed by atoms with Crippen LogP contribution in [0.15, 0.2) is 47.6 Å². The standard InChI is InChI=1S/C17H11FN4O2/c1-24-17(23)12-4-7-15(16(18)8-12)11-2-5-13(6-3-11)21-22-14(9-19)10-20/h2-8,21H,1H3. The van der Waals surface area contributed by atoms with Crippen LogP contribution in [0.1, 0.15) is 10.4 Å². The highest BCUT2D eigenvalue weighted by Gasteiger charge is 2.11. The van der Waals surface area contributed by atoms with Crippen molar-refractivity contribution in [3.8, 4) is 23.3 Å². The van der Waals surface area contributed by atoms with E-state index in [1.165, 1.54) is 19.2 Å². The highest BCUT2D eigenvalue weighted by Crippen LogP contribution is 2.25. The second-order valence-corrected chi connectivity index (χ2v) is 4.56. The summed E-state index contributed by atoms with van der Waals surface area (Å²) in [6, 6.07) is 13.9. The molecule has 2 aromatic carbocycles. The van der Waals surface area contributed by atoms with Gasteiger partial charge >= 0.3 is 5.97 Å². The molecule has 0 aromatic heterocycles. The van der Waals surface area contributed by atoms with Crippen LogP contribution in [0, 0.1) is 28.5 Å². The molecule has 0 spiro atoms. The number of rotatable bonds is 4. The Morgan fingerprint density at radius 2 is 1.83 bits per heavy atom. The number of hydrazone groups is 1. The van der Waals surface area contributed by atoms with Gasteiger partial charge in [-0.1, -0.05) is 18.2 Å². The van der Waals surface area contributed by atoms with E-state index in [2.05, 4.69) is 15.3 Å². The Bertz CT molecular complexity index is 861. The summed E-state index contributed by atoms with van der Waals surface area (Å²) in [4.78, 5) is 11.4. The smallest absolute Gasteiger partial charge is 0.337 e. The number of carbonyl (C=O) groups excluding carboxylic acids is 1. The van der Waals surface area contributed by atoms with E-state index in [4.69, 9.17) is 10.5 Å². The Morgan fingerprint density at radius 1 is 1.17 bits per heavy atom. The number of esters is 1. The van der Waals surface area contributed by atoms with Gasteiger partial charge in [0.2, 0.25) is 5.71 Å². The van der Waals surface area contributed by atoms with Gasteiger partial charge in [0, 0.05) is 5.56 Å². The zero-order chi connectivity index (χ0) is 17.5. The van der Waals surface area contributed by atoms with E-state index in [9.17, 15) is 9.18 Å². The molecule has 7 heteroatoms. The minimum absolute atomic E-state index is 0.131. The molecule has 0 saturated heterocycles. The van der Waals surface area contributed by atoms with Crippen LogP contribution in [-0.2, 0) is 4.74 Å². The van der Waals surface area contributed by atoms with Crippen molar-refractivity contribution in [3.05, 3.63) is 53.8 Å². The van der Waals surface area contributed by atoms with Gasteiger partial charge in [-0.3, -0.25) is 5.43 Å². The zero-order valence-corrected chi connectivity index (χ0v) is 12.6. The summed E-state index contributed by atoms with van der Waals surface area (Å²) in [6.45, 7) is 0. The van der Waals surface area contributed by atoms with Crippen LogP contribution in [0.5, 0.6) is 0 Å². The third kappa shape index (κ3) is 3.73. The number of nitriles is 2. The molecule has 0 aliphatic heterocycles. The maximum atomic E-state index is 14.2. The fourth-order valence-corrected chi connectivity index (χ4v) is 1.91. The Kier molecular flexibility index (Phi) is 5.22. The lowest BCUT2D eigenvalue weighted by molar-refractivity contribution is 0.0600. The normalized spacial score (nSPS) is 9.33. The molecule has 2 rings (SSSR count). The van der Waals surface area contributed by atoms with Gasteiger partial charge in [-0.2, -0.15) is 15.6 Å². The number of ether oxygens (including phenoxy) is 1. The number of carbonyl (C=O) groups is 1. The van der Waals surface area contributed by atoms with Crippen molar-refractivity contribution in [2.24, 2.45) is 5.10 Å². The third-order valence-electron chi connectivity index (χ3n) is 3.09. The van der Waals surface area contributed by atoms with Gasteiger partial charge in [-0.25, -0.2) is 9.18 Å². The van der Waals surface area contributed by atoms with Gasteiger partial charge in [0.15, 0.2) is 0 Å². The summed E-state index contributed by atoms with van der Waals surface area (Å²) in [6.07, 6.45) is 0. The maximum Gasteiger partial charge on any atom is 0.337 e. The lowest BCUT2D eigenvalue weighted by atomic mass is 10.0. The summed E-state index contributed by atoms with van der Waals surface area (Å²) < 4.78 is 18.7. The quantitative estimate of drug-likeness (QED) is 0.530. The summed E-state index contributed by atoms with van der Waals surface area (Å²) >= 11 is 0. The van der Waals surface area contributed by atoms with E-state index < -0.39 is 11.8 Å². The van der Waals surface area contributed by atoms with Gasteiger partial charge in [-0.15, -0.1) is 0 Å². The van der Waals surface area contributed by atoms with E-state index in [1.54, 1.807) is 36.4 Å². The highest BCUT2D eigenvalue weighted by molar-refractivity contribution is 6.10. The third-order valence-corrected chi connectivity index (χ3v) is 3.09. The van der Waals surface area contributed by atoms with Crippen LogP contribution >= 0.6 is 0 Å². The number of methoxy groups -OCH3 is 1. The summed E-state index contributed by atoms with van der Waals surface area (Å²) in [5.74, 6) is -1.16. The van der Waals surface area contributed by atoms with E-state index >= 15 is 0 Å². The molecule has 0 fully saturated rings. The second kappa shape index (κ2) is 7.52. The molecule has 2 aromatic rings. The van der Waals surface area contributed by atoms with Crippen molar-refractivity contribution < 1.29 is 13.9 Å². The predicted octanol–water partition coefficient (Wildman–Crippen LogP) is 3.09. The summed E-state index contributed by atoms with van der Waals surface area (Å²) in [7, 11) is 1.23. The minimum Gasteiger partial charge on any atom is -0.465 e. The number of halogens is 1. The molecular formula is C17H11FN4O2. The summed E-state index contributed by atoms with van der Waals surface area (Å²) in [5, 5.41) is 20.8. The average Bonchev–Trinajstić information content (AvgIpc) is 2.62. The van der Waals surface area contributed by atoms with Crippen molar-refractivity contribution in [1.29, 1.82) is 10.5 Å². The lowest BCUT2D eigenvalue weighted by Crippen LogP contribution is -2.02. The fourth-order valence-electron chi connectivity index (χ4n) is 1.91. The van der Waals surface area contributed by atoms with Gasteiger partial charge in [-0.05, 0) is 29.8 Å². The first-order valence-electron chi connectivity index (χ1n) is 6.71. The van der Waals surface area contributed by atoms with Crippen molar-refractivity contribution >= 4 is 17.4 Å². The van der Waals surface area contributed by atoms with E-state index in [0.717, 1.165) is 6.07 Å². The molecule has 0 radical (unpaired) electrons. The Hall–Kier alpha value is -3.71. The Balaban J connectivity index is 2.23. The summed E-state index contributed by atoms with van der Waals surface area (Å²) in [5.41, 5.74) is 3.85. The van der Waals surface area contributed by atoms with E-state index in [0.29, 0.717) is 16.8 Å². The Labute approximate surface area is 137 Å². The number of hydrogen-bond acceptors (Lipinski definition) is 6. The van der Waals surface area contributed by atoms with Gasteiger partial charge in [0.05, 0.1) is 18.4 Å². The van der Waals surface area contributed by atoms with Crippen molar-refractivity contribution in [2.75, 3.05) is 12.5 Å². The Morgan fingerprint density at radius 3 is 2.38 bits per heavy atom. The molecule has 0 aliphatic rings. The number of hydrogen-bond donors (Lipinski definition) is 1.